The Kier molecular flexibility index (Phi) is 13.2. The van der Waals surface area contributed by atoms with Crippen molar-refractivity contribution in [3.8, 4) is 5.75 Å². The Hall–Kier alpha value is -4.97. The van der Waals surface area contributed by atoms with Gasteiger partial charge in [-0.3, -0.25) is 4.79 Å². The van der Waals surface area contributed by atoms with Gasteiger partial charge in [-0.05, 0) is 61.0 Å². The summed E-state index contributed by atoms with van der Waals surface area (Å²) < 4.78 is 36.2. The minimum Gasteiger partial charge on any atom is -0.497 e. The molecule has 50 heavy (non-hydrogen) atoms. The van der Waals surface area contributed by atoms with E-state index in [2.05, 4.69) is 0 Å². The lowest BCUT2D eigenvalue weighted by molar-refractivity contribution is -0.234. The third-order valence-corrected chi connectivity index (χ3v) is 8.93. The summed E-state index contributed by atoms with van der Waals surface area (Å²) in [5.74, 6) is -1.45. The second kappa shape index (κ2) is 18.1. The van der Waals surface area contributed by atoms with Gasteiger partial charge in [0.25, 0.3) is 0 Å². The lowest BCUT2D eigenvalue weighted by atomic mass is 9.98. The van der Waals surface area contributed by atoms with Crippen molar-refractivity contribution in [1.82, 2.24) is 0 Å². The Morgan fingerprint density at radius 3 is 1.88 bits per heavy atom. The average Bonchev–Trinajstić information content (AvgIpc) is 3.15. The van der Waals surface area contributed by atoms with Crippen molar-refractivity contribution < 1.29 is 47.6 Å². The van der Waals surface area contributed by atoms with Crippen molar-refractivity contribution in [2.45, 2.75) is 61.1 Å². The first-order chi connectivity index (χ1) is 24.3. The van der Waals surface area contributed by atoms with Gasteiger partial charge in [-0.15, -0.1) is 0 Å². The number of carbonyl (C=O) groups is 4. The van der Waals surface area contributed by atoms with Gasteiger partial charge in [-0.2, -0.15) is 0 Å². The standard InChI is InChI=1S/C39H38O10S/c1-26(40)18-23-33(41)48-34-32(25-46-37(42)28-12-6-3-7-13-28)47-39(50-31-16-10-5-11-17-31)36(49-38(43)29-14-8-4-9-15-29)35(34)45-24-27-19-21-30(44-2)22-20-27/h3-17,19-22,32,34-36,39H,18,23-25H2,1-2H3/t32-,34+,35+,36-,39+/m1/s1. The van der Waals surface area contributed by atoms with Gasteiger partial charge in [-0.25, -0.2) is 9.59 Å². The van der Waals surface area contributed by atoms with E-state index in [1.807, 2.05) is 42.5 Å². The molecule has 4 aromatic rings. The molecule has 0 radical (unpaired) electrons. The van der Waals surface area contributed by atoms with Crippen LogP contribution in [0.15, 0.2) is 120 Å². The molecular formula is C39H38O10S. The Balaban J connectivity index is 1.52. The number of ketones is 1. The zero-order valence-corrected chi connectivity index (χ0v) is 28.5. The molecule has 5 rings (SSSR count). The van der Waals surface area contributed by atoms with E-state index in [9.17, 15) is 19.2 Å². The molecular weight excluding hydrogens is 660 g/mol. The summed E-state index contributed by atoms with van der Waals surface area (Å²) in [6, 6.07) is 33.5. The number of methoxy groups -OCH3 is 1. The van der Waals surface area contributed by atoms with Crippen LogP contribution >= 0.6 is 11.8 Å². The normalized spacial score (nSPS) is 19.9. The summed E-state index contributed by atoms with van der Waals surface area (Å²) in [5.41, 5.74) is 0.513. The van der Waals surface area contributed by atoms with Crippen molar-refractivity contribution in [3.63, 3.8) is 0 Å². The summed E-state index contributed by atoms with van der Waals surface area (Å²) in [7, 11) is 1.57. The molecule has 0 aromatic heterocycles. The summed E-state index contributed by atoms with van der Waals surface area (Å²) in [6.45, 7) is 1.11. The molecule has 11 heteroatoms. The second-order valence-electron chi connectivity index (χ2n) is 11.5. The minimum atomic E-state index is -1.21. The van der Waals surface area contributed by atoms with E-state index >= 15 is 0 Å². The molecule has 0 amide bonds. The highest BCUT2D eigenvalue weighted by molar-refractivity contribution is 7.99. The Morgan fingerprint density at radius 2 is 1.28 bits per heavy atom. The number of esters is 3. The number of ether oxygens (including phenoxy) is 6. The van der Waals surface area contributed by atoms with Crippen LogP contribution in [0.2, 0.25) is 0 Å². The Morgan fingerprint density at radius 1 is 0.680 bits per heavy atom. The first kappa shape index (κ1) is 36.3. The smallest absolute Gasteiger partial charge is 0.338 e. The molecule has 0 spiro atoms. The van der Waals surface area contributed by atoms with Crippen LogP contribution in [0, 0.1) is 0 Å². The fraction of sp³-hybridized carbons (Fsp3) is 0.282. The van der Waals surface area contributed by atoms with Crippen molar-refractivity contribution in [2.24, 2.45) is 0 Å². The third-order valence-electron chi connectivity index (χ3n) is 7.78. The third kappa shape index (κ3) is 10.3. The molecule has 1 heterocycles. The van der Waals surface area contributed by atoms with Crippen LogP contribution in [0.1, 0.15) is 46.0 Å². The molecule has 0 N–H and O–H groups in total. The molecule has 0 aliphatic carbocycles. The van der Waals surface area contributed by atoms with E-state index in [0.29, 0.717) is 16.9 Å². The van der Waals surface area contributed by atoms with Gasteiger partial charge in [0.15, 0.2) is 12.2 Å². The van der Waals surface area contributed by atoms with Crippen LogP contribution in [-0.2, 0) is 39.9 Å². The van der Waals surface area contributed by atoms with E-state index in [1.165, 1.54) is 18.7 Å². The molecule has 0 saturated carbocycles. The van der Waals surface area contributed by atoms with Gasteiger partial charge in [0, 0.05) is 11.3 Å². The fourth-order valence-corrected chi connectivity index (χ4v) is 6.31. The maximum absolute atomic E-state index is 13.6. The van der Waals surface area contributed by atoms with Crippen molar-refractivity contribution in [2.75, 3.05) is 13.7 Å². The van der Waals surface area contributed by atoms with Crippen LogP contribution in [0.5, 0.6) is 5.75 Å². The number of hydrogen-bond acceptors (Lipinski definition) is 11. The second-order valence-corrected chi connectivity index (χ2v) is 12.6. The SMILES string of the molecule is COc1ccc(CO[C@H]2[C@@H](OC(=O)CCC(C)=O)[C@@H](COC(=O)c3ccccc3)O[C@@H](Sc3ccccc3)[C@@H]2OC(=O)c2ccccc2)cc1. The maximum atomic E-state index is 13.6. The highest BCUT2D eigenvalue weighted by Crippen LogP contribution is 2.38. The largest absolute Gasteiger partial charge is 0.497 e. The first-order valence-corrected chi connectivity index (χ1v) is 17.0. The van der Waals surface area contributed by atoms with Crippen molar-refractivity contribution in [1.29, 1.82) is 0 Å². The summed E-state index contributed by atoms with van der Waals surface area (Å²) >= 11 is 1.29. The predicted molar refractivity (Wildman–Crippen MR) is 185 cm³/mol. The monoisotopic (exact) mass is 698 g/mol. The van der Waals surface area contributed by atoms with Crippen LogP contribution in [0.4, 0.5) is 0 Å². The number of thioether (sulfide) groups is 1. The molecule has 5 atom stereocenters. The number of carbonyl (C=O) groups excluding carboxylic acids is 4. The molecule has 1 aliphatic heterocycles. The lowest BCUT2D eigenvalue weighted by Gasteiger charge is -2.45. The summed E-state index contributed by atoms with van der Waals surface area (Å²) in [4.78, 5) is 52.4. The lowest BCUT2D eigenvalue weighted by Crippen LogP contribution is -2.61. The fourth-order valence-electron chi connectivity index (χ4n) is 5.18. The number of rotatable bonds is 15. The topological polar surface area (TPSA) is 124 Å². The molecule has 0 bridgehead atoms. The molecule has 4 aromatic carbocycles. The first-order valence-electron chi connectivity index (χ1n) is 16.1. The van der Waals surface area contributed by atoms with E-state index in [4.69, 9.17) is 28.4 Å². The summed E-state index contributed by atoms with van der Waals surface area (Å²) in [5, 5.41) is 0. The maximum Gasteiger partial charge on any atom is 0.338 e. The zero-order chi connectivity index (χ0) is 35.3. The zero-order valence-electron chi connectivity index (χ0n) is 27.7. The number of hydrogen-bond donors (Lipinski definition) is 0. The highest BCUT2D eigenvalue weighted by Gasteiger charge is 2.52. The van der Waals surface area contributed by atoms with Crippen LogP contribution in [-0.4, -0.2) is 67.3 Å². The van der Waals surface area contributed by atoms with Gasteiger partial charge in [0.05, 0.1) is 31.3 Å². The van der Waals surface area contributed by atoms with E-state index in [-0.39, 0.29) is 31.8 Å². The van der Waals surface area contributed by atoms with Crippen LogP contribution in [0.3, 0.4) is 0 Å². The van der Waals surface area contributed by atoms with Gasteiger partial charge >= 0.3 is 17.9 Å². The summed E-state index contributed by atoms with van der Waals surface area (Å²) in [6.07, 6.45) is -4.69. The molecule has 1 aliphatic rings. The Labute approximate surface area is 295 Å². The van der Waals surface area contributed by atoms with Crippen LogP contribution in [0.25, 0.3) is 0 Å². The predicted octanol–water partition coefficient (Wildman–Crippen LogP) is 6.46. The van der Waals surface area contributed by atoms with Gasteiger partial charge < -0.3 is 33.2 Å². The van der Waals surface area contributed by atoms with Gasteiger partial charge in [0.2, 0.25) is 0 Å². The molecule has 10 nitrogen and oxygen atoms in total. The van der Waals surface area contributed by atoms with Gasteiger partial charge in [0.1, 0.15) is 35.8 Å². The van der Waals surface area contributed by atoms with Crippen molar-refractivity contribution >= 4 is 35.5 Å². The average molecular weight is 699 g/mol. The highest BCUT2D eigenvalue weighted by atomic mass is 32.2. The molecule has 1 saturated heterocycles. The Bertz CT molecular complexity index is 1700. The van der Waals surface area contributed by atoms with E-state index in [1.54, 1.807) is 79.9 Å². The van der Waals surface area contributed by atoms with Crippen molar-refractivity contribution in [3.05, 3.63) is 132 Å². The quantitative estimate of drug-likeness (QED) is 0.100. The minimum absolute atomic E-state index is 0.0314. The number of benzene rings is 4. The number of Topliss-reactive ketones (excluding diaryl/α,β-unsaturated/α-hetero) is 1. The van der Waals surface area contributed by atoms with Crippen LogP contribution < -0.4 is 4.74 Å². The van der Waals surface area contributed by atoms with E-state index in [0.717, 1.165) is 10.5 Å². The molecule has 260 valence electrons. The molecule has 0 unspecified atom stereocenters. The van der Waals surface area contributed by atoms with E-state index < -0.39 is 47.8 Å². The molecule has 1 fully saturated rings. The van der Waals surface area contributed by atoms with Gasteiger partial charge in [-0.1, -0.05) is 78.5 Å².